The number of ether oxygens (including phenoxy) is 1. The number of esters is 1. The Bertz CT molecular complexity index is 639. The summed E-state index contributed by atoms with van der Waals surface area (Å²) in [6.45, 7) is 7.93. The van der Waals surface area contributed by atoms with Gasteiger partial charge < -0.3 is 4.74 Å². The zero-order valence-corrected chi connectivity index (χ0v) is 12.7. The van der Waals surface area contributed by atoms with E-state index in [2.05, 4.69) is 5.10 Å². The average Bonchev–Trinajstić information content (AvgIpc) is 2.85. The van der Waals surface area contributed by atoms with Gasteiger partial charge in [-0.1, -0.05) is 0 Å². The molecule has 0 radical (unpaired) electrons. The van der Waals surface area contributed by atoms with Gasteiger partial charge in [-0.2, -0.15) is 5.10 Å². The summed E-state index contributed by atoms with van der Waals surface area (Å²) in [5, 5.41) is 4.48. The van der Waals surface area contributed by atoms with Crippen molar-refractivity contribution in [2.75, 3.05) is 6.61 Å². The van der Waals surface area contributed by atoms with Crippen LogP contribution < -0.4 is 0 Å². The second kappa shape index (κ2) is 5.68. The van der Waals surface area contributed by atoms with E-state index >= 15 is 0 Å². The van der Waals surface area contributed by atoms with Crippen LogP contribution in [-0.2, 0) is 10.3 Å². The van der Waals surface area contributed by atoms with E-state index < -0.39 is 5.97 Å². The lowest BCUT2D eigenvalue weighted by Crippen LogP contribution is -2.27. The van der Waals surface area contributed by atoms with Crippen molar-refractivity contribution >= 4 is 5.97 Å². The van der Waals surface area contributed by atoms with Gasteiger partial charge in [-0.3, -0.25) is 4.68 Å². The molecule has 4 nitrogen and oxygen atoms in total. The van der Waals surface area contributed by atoms with Gasteiger partial charge in [-0.15, -0.1) is 0 Å². The number of carbonyl (C=O) groups is 1. The smallest absolute Gasteiger partial charge is 0.356 e. The molecule has 1 aromatic carbocycles. The fraction of sp³-hybridized carbons (Fsp3) is 0.375. The van der Waals surface area contributed by atoms with Crippen molar-refractivity contribution in [3.63, 3.8) is 0 Å². The minimum Gasteiger partial charge on any atom is -0.461 e. The molecule has 0 bridgehead atoms. The largest absolute Gasteiger partial charge is 0.461 e. The molecule has 0 fully saturated rings. The summed E-state index contributed by atoms with van der Waals surface area (Å²) in [4.78, 5) is 12.1. The van der Waals surface area contributed by atoms with Crippen LogP contribution in [-0.4, -0.2) is 22.4 Å². The first kappa shape index (κ1) is 15.2. The molecule has 2 rings (SSSR count). The Balaban J connectivity index is 2.50. The van der Waals surface area contributed by atoms with Crippen LogP contribution >= 0.6 is 0 Å². The van der Waals surface area contributed by atoms with Crippen molar-refractivity contribution in [3.8, 4) is 11.3 Å². The van der Waals surface area contributed by atoms with Crippen LogP contribution in [0.3, 0.4) is 0 Å². The summed E-state index contributed by atoms with van der Waals surface area (Å²) in [5.74, 6) is -0.715. The molecule has 0 atom stereocenters. The molecule has 0 aliphatic rings. The van der Waals surface area contributed by atoms with E-state index in [4.69, 9.17) is 4.74 Å². The predicted molar refractivity (Wildman–Crippen MR) is 78.6 cm³/mol. The van der Waals surface area contributed by atoms with Gasteiger partial charge in [0.05, 0.1) is 17.8 Å². The lowest BCUT2D eigenvalue weighted by atomic mass is 10.1. The van der Waals surface area contributed by atoms with Crippen molar-refractivity contribution in [2.45, 2.75) is 33.2 Å². The van der Waals surface area contributed by atoms with E-state index in [0.29, 0.717) is 18.0 Å². The summed E-state index contributed by atoms with van der Waals surface area (Å²) >= 11 is 0. The van der Waals surface area contributed by atoms with Crippen molar-refractivity contribution in [1.82, 2.24) is 9.78 Å². The number of halogens is 1. The van der Waals surface area contributed by atoms with Crippen LogP contribution in [0.4, 0.5) is 4.39 Å². The van der Waals surface area contributed by atoms with Crippen molar-refractivity contribution < 1.29 is 13.9 Å². The molecule has 1 heterocycles. The highest BCUT2D eigenvalue weighted by atomic mass is 19.1. The molecular formula is C16H19FN2O2. The van der Waals surface area contributed by atoms with Crippen LogP contribution in [0.25, 0.3) is 11.3 Å². The highest BCUT2D eigenvalue weighted by Gasteiger charge is 2.24. The van der Waals surface area contributed by atoms with Crippen LogP contribution in [0.15, 0.2) is 30.3 Å². The number of benzene rings is 1. The van der Waals surface area contributed by atoms with Crippen LogP contribution in [0.2, 0.25) is 0 Å². The van der Waals surface area contributed by atoms with E-state index in [1.807, 2.05) is 20.8 Å². The Morgan fingerprint density at radius 2 is 1.90 bits per heavy atom. The molecule has 112 valence electrons. The molecule has 5 heteroatoms. The number of nitrogens with zero attached hydrogens (tertiary/aromatic N) is 2. The third-order valence-electron chi connectivity index (χ3n) is 2.97. The number of hydrogen-bond acceptors (Lipinski definition) is 3. The lowest BCUT2D eigenvalue weighted by molar-refractivity contribution is 0.0503. The molecule has 1 aromatic heterocycles. The minimum absolute atomic E-state index is 0.306. The van der Waals surface area contributed by atoms with E-state index in [1.54, 1.807) is 29.8 Å². The van der Waals surface area contributed by atoms with Gasteiger partial charge in [0.1, 0.15) is 11.5 Å². The molecule has 2 aromatic rings. The monoisotopic (exact) mass is 290 g/mol. The SMILES string of the molecule is CCOC(=O)c1cc(-c2ccc(F)cc2)nn1C(C)(C)C. The van der Waals surface area contributed by atoms with Gasteiger partial charge in [0.25, 0.3) is 0 Å². The predicted octanol–water partition coefficient (Wildman–Crippen LogP) is 3.62. The fourth-order valence-electron chi connectivity index (χ4n) is 2.00. The maximum atomic E-state index is 13.0. The lowest BCUT2D eigenvalue weighted by Gasteiger charge is -2.21. The average molecular weight is 290 g/mol. The molecule has 0 N–H and O–H groups in total. The van der Waals surface area contributed by atoms with E-state index in [0.717, 1.165) is 5.56 Å². The molecule has 0 amide bonds. The van der Waals surface area contributed by atoms with Gasteiger partial charge in [-0.25, -0.2) is 9.18 Å². The summed E-state index contributed by atoms with van der Waals surface area (Å²) < 4.78 is 19.7. The quantitative estimate of drug-likeness (QED) is 0.811. The van der Waals surface area contributed by atoms with Gasteiger partial charge in [0, 0.05) is 5.56 Å². The van der Waals surface area contributed by atoms with Crippen molar-refractivity contribution in [1.29, 1.82) is 0 Å². The molecule has 0 saturated carbocycles. The first-order valence-corrected chi connectivity index (χ1v) is 6.86. The first-order valence-electron chi connectivity index (χ1n) is 6.86. The summed E-state index contributed by atoms with van der Waals surface area (Å²) in [7, 11) is 0. The van der Waals surface area contributed by atoms with Crippen LogP contribution in [0.5, 0.6) is 0 Å². The molecule has 0 aliphatic heterocycles. The third-order valence-corrected chi connectivity index (χ3v) is 2.97. The van der Waals surface area contributed by atoms with Gasteiger partial charge in [-0.05, 0) is 58.0 Å². The molecule has 0 spiro atoms. The zero-order chi connectivity index (χ0) is 15.6. The molecule has 0 saturated heterocycles. The fourth-order valence-corrected chi connectivity index (χ4v) is 2.00. The summed E-state index contributed by atoms with van der Waals surface area (Å²) in [6, 6.07) is 7.70. The van der Waals surface area contributed by atoms with Gasteiger partial charge in [0.2, 0.25) is 0 Å². The Kier molecular flexibility index (Phi) is 4.11. The third kappa shape index (κ3) is 3.29. The second-order valence-corrected chi connectivity index (χ2v) is 5.72. The van der Waals surface area contributed by atoms with Gasteiger partial charge in [0.15, 0.2) is 0 Å². The van der Waals surface area contributed by atoms with Crippen LogP contribution in [0, 0.1) is 5.82 Å². The minimum atomic E-state index is -0.409. The van der Waals surface area contributed by atoms with Gasteiger partial charge >= 0.3 is 5.97 Å². The molecule has 0 aliphatic carbocycles. The van der Waals surface area contributed by atoms with Crippen molar-refractivity contribution in [2.24, 2.45) is 0 Å². The Labute approximate surface area is 123 Å². The maximum absolute atomic E-state index is 13.0. The Hall–Kier alpha value is -2.17. The normalized spacial score (nSPS) is 11.5. The van der Waals surface area contributed by atoms with Crippen LogP contribution in [0.1, 0.15) is 38.2 Å². The first-order chi connectivity index (χ1) is 9.82. The second-order valence-electron chi connectivity index (χ2n) is 5.72. The number of aromatic nitrogens is 2. The Morgan fingerprint density at radius 3 is 2.43 bits per heavy atom. The number of rotatable bonds is 3. The van der Waals surface area contributed by atoms with Crippen molar-refractivity contribution in [3.05, 3.63) is 41.8 Å². The molecular weight excluding hydrogens is 271 g/mol. The molecule has 21 heavy (non-hydrogen) atoms. The molecule has 0 unspecified atom stereocenters. The Morgan fingerprint density at radius 1 is 1.29 bits per heavy atom. The van der Waals surface area contributed by atoms with E-state index in [1.165, 1.54) is 12.1 Å². The van der Waals surface area contributed by atoms with E-state index in [-0.39, 0.29) is 11.4 Å². The summed E-state index contributed by atoms with van der Waals surface area (Å²) in [5.41, 5.74) is 1.40. The number of carbonyl (C=O) groups excluding carboxylic acids is 1. The highest BCUT2D eigenvalue weighted by molar-refractivity contribution is 5.89. The topological polar surface area (TPSA) is 44.1 Å². The zero-order valence-electron chi connectivity index (χ0n) is 12.7. The standard InChI is InChI=1S/C16H19FN2O2/c1-5-21-15(20)14-10-13(18-19(14)16(2,3)4)11-6-8-12(17)9-7-11/h6-10H,5H2,1-4H3. The highest BCUT2D eigenvalue weighted by Crippen LogP contribution is 2.24. The van der Waals surface area contributed by atoms with E-state index in [9.17, 15) is 9.18 Å². The number of hydrogen-bond donors (Lipinski definition) is 0. The maximum Gasteiger partial charge on any atom is 0.356 e. The summed E-state index contributed by atoms with van der Waals surface area (Å²) in [6.07, 6.45) is 0.